The van der Waals surface area contributed by atoms with E-state index >= 15 is 0 Å². The van der Waals surface area contributed by atoms with Crippen molar-refractivity contribution in [3.8, 4) is 0 Å². The molecule has 0 atom stereocenters. The fourth-order valence-corrected chi connectivity index (χ4v) is 5.67. The lowest BCUT2D eigenvalue weighted by Crippen LogP contribution is -2.39. The van der Waals surface area contributed by atoms with Gasteiger partial charge in [0.2, 0.25) is 0 Å². The zero-order chi connectivity index (χ0) is 20.4. The van der Waals surface area contributed by atoms with E-state index in [1.807, 2.05) is 0 Å². The van der Waals surface area contributed by atoms with E-state index in [0.29, 0.717) is 0 Å². The number of hydrogen-bond acceptors (Lipinski definition) is 2. The zero-order valence-electron chi connectivity index (χ0n) is 20.1. The second-order valence-electron chi connectivity index (χ2n) is 10.2. The Hall–Kier alpha value is -0.0800. The lowest BCUT2D eigenvalue weighted by Gasteiger charge is -2.37. The molecule has 1 N–H and O–H groups in total. The van der Waals surface area contributed by atoms with Crippen LogP contribution < -0.4 is 5.32 Å². The van der Waals surface area contributed by atoms with E-state index < -0.39 is 0 Å². The maximum atomic E-state index is 3.52. The van der Waals surface area contributed by atoms with Crippen molar-refractivity contribution in [2.24, 2.45) is 11.8 Å². The number of piperidine rings is 2. The van der Waals surface area contributed by atoms with E-state index in [-0.39, 0.29) is 0 Å². The molecule has 0 amide bonds. The van der Waals surface area contributed by atoms with Crippen molar-refractivity contribution < 1.29 is 0 Å². The standard InChI is InChI=1S/C27H54N2/c1-2-3-4-5-6-7-8-9-10-11-12-13-14-15-16-23-29-24-19-27(20-25-29)26-17-21-28-22-18-26/h26-28H,2-25H2,1H3. The van der Waals surface area contributed by atoms with Gasteiger partial charge in [0, 0.05) is 0 Å². The Balaban J connectivity index is 1.29. The van der Waals surface area contributed by atoms with Crippen LogP contribution in [0.15, 0.2) is 0 Å². The van der Waals surface area contributed by atoms with Gasteiger partial charge in [0.15, 0.2) is 0 Å². The van der Waals surface area contributed by atoms with Crippen LogP contribution in [-0.4, -0.2) is 37.6 Å². The van der Waals surface area contributed by atoms with Crippen molar-refractivity contribution in [3.63, 3.8) is 0 Å². The molecule has 2 aliphatic heterocycles. The first-order chi connectivity index (χ1) is 14.4. The molecule has 0 aromatic heterocycles. The van der Waals surface area contributed by atoms with Crippen LogP contribution in [0.25, 0.3) is 0 Å². The van der Waals surface area contributed by atoms with Gasteiger partial charge in [-0.2, -0.15) is 0 Å². The number of rotatable bonds is 17. The van der Waals surface area contributed by atoms with Gasteiger partial charge in [-0.05, 0) is 76.7 Å². The molecule has 29 heavy (non-hydrogen) atoms. The topological polar surface area (TPSA) is 15.3 Å². The number of hydrogen-bond donors (Lipinski definition) is 1. The Bertz CT molecular complexity index is 342. The SMILES string of the molecule is CCCCCCCCCCCCCCCCCN1CCC(C2CCNCC2)CC1. The summed E-state index contributed by atoms with van der Waals surface area (Å²) in [5.41, 5.74) is 0. The summed E-state index contributed by atoms with van der Waals surface area (Å²) in [5, 5.41) is 3.52. The molecular weight excluding hydrogens is 352 g/mol. The summed E-state index contributed by atoms with van der Waals surface area (Å²) in [6.07, 6.45) is 27.8. The predicted octanol–water partition coefficient (Wildman–Crippen LogP) is 7.57. The van der Waals surface area contributed by atoms with E-state index in [0.717, 1.165) is 11.8 Å². The summed E-state index contributed by atoms with van der Waals surface area (Å²) in [5.74, 6) is 2.07. The second-order valence-corrected chi connectivity index (χ2v) is 10.2. The summed E-state index contributed by atoms with van der Waals surface area (Å²) in [7, 11) is 0. The first-order valence-corrected chi connectivity index (χ1v) is 13.8. The van der Waals surface area contributed by atoms with E-state index in [9.17, 15) is 0 Å². The zero-order valence-corrected chi connectivity index (χ0v) is 20.1. The first-order valence-electron chi connectivity index (χ1n) is 13.8. The van der Waals surface area contributed by atoms with Crippen molar-refractivity contribution in [1.82, 2.24) is 10.2 Å². The van der Waals surface area contributed by atoms with Crippen molar-refractivity contribution in [2.45, 2.75) is 129 Å². The summed E-state index contributed by atoms with van der Waals surface area (Å²) in [4.78, 5) is 2.76. The molecule has 0 aliphatic carbocycles. The van der Waals surface area contributed by atoms with Crippen LogP contribution in [0.5, 0.6) is 0 Å². The van der Waals surface area contributed by atoms with Gasteiger partial charge in [0.05, 0.1) is 0 Å². The molecule has 0 aromatic rings. The van der Waals surface area contributed by atoms with E-state index in [1.54, 1.807) is 0 Å². The monoisotopic (exact) mass is 406 g/mol. The molecule has 0 radical (unpaired) electrons. The van der Waals surface area contributed by atoms with Crippen LogP contribution in [0.2, 0.25) is 0 Å². The van der Waals surface area contributed by atoms with Crippen LogP contribution in [0, 0.1) is 11.8 Å². The van der Waals surface area contributed by atoms with Gasteiger partial charge in [0.1, 0.15) is 0 Å². The molecule has 172 valence electrons. The molecule has 0 aromatic carbocycles. The highest BCUT2D eigenvalue weighted by Gasteiger charge is 2.27. The average Bonchev–Trinajstić information content (AvgIpc) is 2.77. The third-order valence-electron chi connectivity index (χ3n) is 7.76. The number of nitrogens with zero attached hydrogens (tertiary/aromatic N) is 1. The molecule has 2 heterocycles. The maximum Gasteiger partial charge on any atom is -0.00160 e. The average molecular weight is 407 g/mol. The molecule has 2 aliphatic rings. The van der Waals surface area contributed by atoms with Crippen LogP contribution in [0.3, 0.4) is 0 Å². The second kappa shape index (κ2) is 17.6. The van der Waals surface area contributed by atoms with Gasteiger partial charge in [0.25, 0.3) is 0 Å². The van der Waals surface area contributed by atoms with Crippen molar-refractivity contribution in [1.29, 1.82) is 0 Å². The normalized spacial score (nSPS) is 19.8. The fourth-order valence-electron chi connectivity index (χ4n) is 5.67. The quantitative estimate of drug-likeness (QED) is 0.251. The summed E-state index contributed by atoms with van der Waals surface area (Å²) < 4.78 is 0. The Morgan fingerprint density at radius 2 is 0.966 bits per heavy atom. The first kappa shape index (κ1) is 25.2. The molecule has 2 heteroatoms. The minimum Gasteiger partial charge on any atom is -0.317 e. The number of nitrogens with one attached hydrogen (secondary N) is 1. The van der Waals surface area contributed by atoms with Crippen molar-refractivity contribution >= 4 is 0 Å². The van der Waals surface area contributed by atoms with Crippen LogP contribution in [0.1, 0.15) is 129 Å². The third-order valence-corrected chi connectivity index (χ3v) is 7.76. The van der Waals surface area contributed by atoms with Crippen molar-refractivity contribution in [3.05, 3.63) is 0 Å². The van der Waals surface area contributed by atoms with Gasteiger partial charge in [-0.3, -0.25) is 0 Å². The smallest absolute Gasteiger partial charge is 0.00160 e. The van der Waals surface area contributed by atoms with E-state index in [4.69, 9.17) is 0 Å². The predicted molar refractivity (Wildman–Crippen MR) is 130 cm³/mol. The van der Waals surface area contributed by atoms with Crippen molar-refractivity contribution in [2.75, 3.05) is 32.7 Å². The Morgan fingerprint density at radius 1 is 0.552 bits per heavy atom. The van der Waals surface area contributed by atoms with Crippen LogP contribution in [0.4, 0.5) is 0 Å². The molecule has 2 fully saturated rings. The third kappa shape index (κ3) is 12.4. The maximum absolute atomic E-state index is 3.52. The molecule has 0 unspecified atom stereocenters. The number of likely N-dealkylation sites (tertiary alicyclic amines) is 1. The van der Waals surface area contributed by atoms with Gasteiger partial charge in [-0.25, -0.2) is 0 Å². The molecule has 2 rings (SSSR count). The summed E-state index contributed by atoms with van der Waals surface area (Å²) >= 11 is 0. The van der Waals surface area contributed by atoms with Gasteiger partial charge in [-0.15, -0.1) is 0 Å². The van der Waals surface area contributed by atoms with Crippen LogP contribution >= 0.6 is 0 Å². The highest BCUT2D eigenvalue weighted by molar-refractivity contribution is 4.81. The fraction of sp³-hybridized carbons (Fsp3) is 1.00. The lowest BCUT2D eigenvalue weighted by molar-refractivity contribution is 0.129. The number of unbranched alkanes of at least 4 members (excludes halogenated alkanes) is 14. The molecule has 0 spiro atoms. The molecular formula is C27H54N2. The lowest BCUT2D eigenvalue weighted by atomic mass is 9.79. The highest BCUT2D eigenvalue weighted by atomic mass is 15.1. The molecule has 0 saturated carbocycles. The minimum atomic E-state index is 1.03. The van der Waals surface area contributed by atoms with Gasteiger partial charge in [-0.1, -0.05) is 96.8 Å². The largest absolute Gasteiger partial charge is 0.317 e. The van der Waals surface area contributed by atoms with Gasteiger partial charge < -0.3 is 10.2 Å². The van der Waals surface area contributed by atoms with E-state index in [1.165, 1.54) is 155 Å². The molecule has 2 saturated heterocycles. The Kier molecular flexibility index (Phi) is 15.3. The Labute approximate surface area is 184 Å². The summed E-state index contributed by atoms with van der Waals surface area (Å²) in [6.45, 7) is 8.98. The van der Waals surface area contributed by atoms with E-state index in [2.05, 4.69) is 17.1 Å². The highest BCUT2D eigenvalue weighted by Crippen LogP contribution is 2.30. The van der Waals surface area contributed by atoms with Crippen LogP contribution in [-0.2, 0) is 0 Å². The molecule has 0 bridgehead atoms. The minimum absolute atomic E-state index is 1.03. The molecule has 2 nitrogen and oxygen atoms in total. The summed E-state index contributed by atoms with van der Waals surface area (Å²) in [6, 6.07) is 0. The van der Waals surface area contributed by atoms with Gasteiger partial charge >= 0.3 is 0 Å². The Morgan fingerprint density at radius 3 is 1.45 bits per heavy atom.